The van der Waals surface area contributed by atoms with Crippen molar-refractivity contribution < 1.29 is 4.79 Å². The summed E-state index contributed by atoms with van der Waals surface area (Å²) in [6, 6.07) is 1.43. The Morgan fingerprint density at radius 3 is 2.75 bits per heavy atom. The Labute approximate surface area is 100 Å². The van der Waals surface area contributed by atoms with Gasteiger partial charge in [-0.25, -0.2) is 0 Å². The first-order valence-electron chi connectivity index (χ1n) is 4.30. The van der Waals surface area contributed by atoms with Crippen molar-refractivity contribution in [2.75, 3.05) is 5.32 Å². The molecule has 3 N–H and O–H groups in total. The van der Waals surface area contributed by atoms with Gasteiger partial charge in [-0.15, -0.1) is 5.10 Å². The Balaban J connectivity index is 2.14. The van der Waals surface area contributed by atoms with E-state index in [4.69, 9.17) is 23.2 Å². The maximum atomic E-state index is 11.6. The van der Waals surface area contributed by atoms with E-state index in [1.807, 2.05) is 0 Å². The molecule has 84 valence electrons. The Bertz CT molecular complexity index is 513. The van der Waals surface area contributed by atoms with Crippen LogP contribution < -0.4 is 5.32 Å². The third kappa shape index (κ3) is 2.17. The highest BCUT2D eigenvalue weighted by molar-refractivity contribution is 6.41. The number of nitrogens with zero attached hydrogens (tertiary/aromatic N) is 2. The molecule has 2 aromatic heterocycles. The van der Waals surface area contributed by atoms with Crippen LogP contribution in [0, 0.1) is 6.92 Å². The summed E-state index contributed by atoms with van der Waals surface area (Å²) in [7, 11) is 0. The molecular formula is C8H7Cl2N5O. The average molecular weight is 260 g/mol. The monoisotopic (exact) mass is 259 g/mol. The Hall–Kier alpha value is -1.53. The lowest BCUT2D eigenvalue weighted by atomic mass is 10.4. The molecule has 1 amide bonds. The Kier molecular flexibility index (Phi) is 2.84. The zero-order chi connectivity index (χ0) is 11.7. The highest BCUT2D eigenvalue weighted by Crippen LogP contribution is 2.22. The first-order chi connectivity index (χ1) is 7.56. The number of hydrogen-bond donors (Lipinski definition) is 3. The van der Waals surface area contributed by atoms with Crippen molar-refractivity contribution in [3.63, 3.8) is 0 Å². The molecule has 0 saturated heterocycles. The summed E-state index contributed by atoms with van der Waals surface area (Å²) in [5, 5.41) is 9.36. The molecule has 6 nitrogen and oxygen atoms in total. The summed E-state index contributed by atoms with van der Waals surface area (Å²) in [5.41, 5.74) is 0.248. The van der Waals surface area contributed by atoms with E-state index in [1.54, 1.807) is 6.92 Å². The minimum atomic E-state index is -0.409. The molecule has 0 atom stereocenters. The van der Waals surface area contributed by atoms with Crippen molar-refractivity contribution in [2.45, 2.75) is 6.92 Å². The van der Waals surface area contributed by atoms with Gasteiger partial charge in [0.2, 0.25) is 5.95 Å². The van der Waals surface area contributed by atoms with E-state index < -0.39 is 5.91 Å². The molecule has 0 saturated carbocycles. The SMILES string of the molecule is Cc1nc(NC(=O)c2cc(Cl)c(Cl)[nH]2)n[nH]1. The maximum absolute atomic E-state index is 11.6. The molecule has 2 aromatic rings. The minimum Gasteiger partial charge on any atom is -0.340 e. The second-order valence-corrected chi connectivity index (χ2v) is 3.83. The van der Waals surface area contributed by atoms with Crippen LogP contribution in [0.15, 0.2) is 6.07 Å². The third-order valence-electron chi connectivity index (χ3n) is 1.79. The number of amides is 1. The highest BCUT2D eigenvalue weighted by Gasteiger charge is 2.13. The average Bonchev–Trinajstić information content (AvgIpc) is 2.75. The Morgan fingerprint density at radius 2 is 2.25 bits per heavy atom. The second kappa shape index (κ2) is 4.15. The number of carbonyl (C=O) groups is 1. The molecule has 0 bridgehead atoms. The van der Waals surface area contributed by atoms with Crippen molar-refractivity contribution >= 4 is 35.1 Å². The molecule has 2 rings (SSSR count). The van der Waals surface area contributed by atoms with E-state index in [1.165, 1.54) is 6.07 Å². The molecular weight excluding hydrogens is 253 g/mol. The molecule has 0 aliphatic carbocycles. The van der Waals surface area contributed by atoms with Gasteiger partial charge in [0.15, 0.2) is 0 Å². The summed E-state index contributed by atoms with van der Waals surface area (Å²) < 4.78 is 0. The first-order valence-corrected chi connectivity index (χ1v) is 5.06. The molecule has 0 aliphatic rings. The van der Waals surface area contributed by atoms with Gasteiger partial charge in [-0.1, -0.05) is 23.2 Å². The number of rotatable bonds is 2. The first kappa shape index (κ1) is 11.0. The van der Waals surface area contributed by atoms with Crippen molar-refractivity contribution in [3.8, 4) is 0 Å². The fraction of sp³-hybridized carbons (Fsp3) is 0.125. The normalized spacial score (nSPS) is 10.4. The predicted octanol–water partition coefficient (Wildman–Crippen LogP) is 2.00. The standard InChI is InChI=1S/C8H7Cl2N5O/c1-3-11-8(15-14-3)13-7(16)5-2-4(9)6(10)12-5/h2,12H,1H3,(H2,11,13,14,15,16). The van der Waals surface area contributed by atoms with Gasteiger partial charge in [0.25, 0.3) is 5.91 Å². The fourth-order valence-corrected chi connectivity index (χ4v) is 1.41. The molecule has 2 heterocycles. The number of aromatic nitrogens is 4. The summed E-state index contributed by atoms with van der Waals surface area (Å²) in [5.74, 6) is 0.398. The zero-order valence-corrected chi connectivity index (χ0v) is 9.65. The lowest BCUT2D eigenvalue weighted by Gasteiger charge is -1.96. The number of aromatic amines is 2. The number of carbonyl (C=O) groups excluding carboxylic acids is 1. The largest absolute Gasteiger partial charge is 0.340 e. The number of halogens is 2. The molecule has 0 radical (unpaired) electrons. The topological polar surface area (TPSA) is 86.5 Å². The van der Waals surface area contributed by atoms with Crippen LogP contribution in [0.4, 0.5) is 5.95 Å². The Morgan fingerprint density at radius 1 is 1.50 bits per heavy atom. The summed E-state index contributed by atoms with van der Waals surface area (Å²) >= 11 is 11.4. The van der Waals surface area contributed by atoms with E-state index in [2.05, 4.69) is 25.5 Å². The zero-order valence-electron chi connectivity index (χ0n) is 8.14. The van der Waals surface area contributed by atoms with E-state index >= 15 is 0 Å². The second-order valence-electron chi connectivity index (χ2n) is 3.04. The lowest BCUT2D eigenvalue weighted by molar-refractivity contribution is 0.102. The van der Waals surface area contributed by atoms with Gasteiger partial charge in [-0.05, 0) is 13.0 Å². The van der Waals surface area contributed by atoms with Crippen molar-refractivity contribution in [2.24, 2.45) is 0 Å². The van der Waals surface area contributed by atoms with Gasteiger partial charge >= 0.3 is 0 Å². The molecule has 0 unspecified atom stereocenters. The van der Waals surface area contributed by atoms with Gasteiger partial charge in [0.05, 0.1) is 5.02 Å². The van der Waals surface area contributed by atoms with Crippen LogP contribution in [0.3, 0.4) is 0 Å². The van der Waals surface area contributed by atoms with Gasteiger partial charge < -0.3 is 4.98 Å². The van der Waals surface area contributed by atoms with Crippen LogP contribution in [-0.4, -0.2) is 26.1 Å². The summed E-state index contributed by atoms with van der Waals surface area (Å²) in [6.45, 7) is 1.73. The van der Waals surface area contributed by atoms with Crippen LogP contribution in [-0.2, 0) is 0 Å². The predicted molar refractivity (Wildman–Crippen MR) is 59.9 cm³/mol. The number of H-pyrrole nitrogens is 2. The van der Waals surface area contributed by atoms with Gasteiger partial charge in [-0.2, -0.15) is 4.98 Å². The number of anilines is 1. The lowest BCUT2D eigenvalue weighted by Crippen LogP contribution is -2.13. The smallest absolute Gasteiger partial charge is 0.274 e. The molecule has 0 spiro atoms. The molecule has 0 aliphatic heterocycles. The van der Waals surface area contributed by atoms with E-state index in [9.17, 15) is 4.79 Å². The number of nitrogens with one attached hydrogen (secondary N) is 3. The number of aryl methyl sites for hydroxylation is 1. The van der Waals surface area contributed by atoms with Crippen LogP contribution in [0.2, 0.25) is 10.2 Å². The van der Waals surface area contributed by atoms with E-state index in [0.717, 1.165) is 0 Å². The van der Waals surface area contributed by atoms with Crippen LogP contribution in [0.5, 0.6) is 0 Å². The molecule has 8 heteroatoms. The van der Waals surface area contributed by atoms with Crippen molar-refractivity contribution in [1.29, 1.82) is 0 Å². The molecule has 16 heavy (non-hydrogen) atoms. The quantitative estimate of drug-likeness (QED) is 0.771. The van der Waals surface area contributed by atoms with Crippen molar-refractivity contribution in [3.05, 3.63) is 27.8 Å². The van der Waals surface area contributed by atoms with Crippen molar-refractivity contribution in [1.82, 2.24) is 20.2 Å². The van der Waals surface area contributed by atoms with Crippen LogP contribution >= 0.6 is 23.2 Å². The summed E-state index contributed by atoms with van der Waals surface area (Å²) in [6.07, 6.45) is 0. The van der Waals surface area contributed by atoms with E-state index in [0.29, 0.717) is 5.82 Å². The fourth-order valence-electron chi connectivity index (χ4n) is 1.09. The van der Waals surface area contributed by atoms with Crippen LogP contribution in [0.1, 0.15) is 16.3 Å². The minimum absolute atomic E-state index is 0.198. The highest BCUT2D eigenvalue weighted by atomic mass is 35.5. The molecule has 0 aromatic carbocycles. The third-order valence-corrected chi connectivity index (χ3v) is 2.49. The summed E-state index contributed by atoms with van der Waals surface area (Å²) in [4.78, 5) is 18.2. The van der Waals surface area contributed by atoms with E-state index in [-0.39, 0.29) is 21.8 Å². The van der Waals surface area contributed by atoms with Gasteiger partial charge in [-0.3, -0.25) is 15.2 Å². The number of hydrogen-bond acceptors (Lipinski definition) is 3. The maximum Gasteiger partial charge on any atom is 0.274 e. The van der Waals surface area contributed by atoms with Crippen LogP contribution in [0.25, 0.3) is 0 Å². The molecule has 0 fully saturated rings. The van der Waals surface area contributed by atoms with Gasteiger partial charge in [0.1, 0.15) is 16.7 Å². The van der Waals surface area contributed by atoms with Gasteiger partial charge in [0, 0.05) is 0 Å².